The Morgan fingerprint density at radius 2 is 1.91 bits per heavy atom. The third-order valence-electron chi connectivity index (χ3n) is 3.41. The summed E-state index contributed by atoms with van der Waals surface area (Å²) < 4.78 is 5.12. The zero-order chi connectivity index (χ0) is 16.8. The highest BCUT2D eigenvalue weighted by Gasteiger charge is 2.18. The number of rotatable bonds is 6. The van der Waals surface area contributed by atoms with Crippen LogP contribution in [0.5, 0.6) is 5.75 Å². The third kappa shape index (κ3) is 4.39. The molecule has 0 aliphatic carbocycles. The number of hydrogen-bond acceptors (Lipinski definition) is 3. The van der Waals surface area contributed by atoms with Crippen LogP contribution < -0.4 is 15.0 Å². The maximum Gasteiger partial charge on any atom is 0.246 e. The van der Waals surface area contributed by atoms with Crippen LogP contribution in [0.2, 0.25) is 5.02 Å². The normalized spacial score (nSPS) is 10.5. The first kappa shape index (κ1) is 17.2. The van der Waals surface area contributed by atoms with Crippen LogP contribution in [0.1, 0.15) is 13.8 Å². The van der Waals surface area contributed by atoms with Gasteiger partial charge in [0, 0.05) is 17.4 Å². The highest BCUT2D eigenvalue weighted by molar-refractivity contribution is 6.32. The summed E-state index contributed by atoms with van der Waals surface area (Å²) >= 11 is 6.09. The van der Waals surface area contributed by atoms with Crippen molar-refractivity contribution in [1.29, 1.82) is 0 Å². The topological polar surface area (TPSA) is 41.6 Å². The van der Waals surface area contributed by atoms with Crippen LogP contribution in [0, 0.1) is 0 Å². The molecule has 0 saturated heterocycles. The Morgan fingerprint density at radius 1 is 1.22 bits per heavy atom. The molecule has 5 heteroatoms. The Bertz CT molecular complexity index is 659. The van der Waals surface area contributed by atoms with Gasteiger partial charge < -0.3 is 15.0 Å². The molecule has 0 spiro atoms. The van der Waals surface area contributed by atoms with Crippen molar-refractivity contribution >= 4 is 28.9 Å². The van der Waals surface area contributed by atoms with Crippen molar-refractivity contribution in [2.45, 2.75) is 19.9 Å². The third-order valence-corrected chi connectivity index (χ3v) is 3.71. The minimum absolute atomic E-state index is 0.00172. The zero-order valence-corrected chi connectivity index (χ0v) is 14.3. The molecule has 0 heterocycles. The minimum atomic E-state index is -0.00172. The molecule has 0 aliphatic rings. The van der Waals surface area contributed by atoms with Gasteiger partial charge in [0.05, 0.1) is 18.7 Å². The van der Waals surface area contributed by atoms with Crippen molar-refractivity contribution in [2.24, 2.45) is 0 Å². The van der Waals surface area contributed by atoms with Crippen LogP contribution in [0.4, 0.5) is 11.4 Å². The van der Waals surface area contributed by atoms with Crippen molar-refractivity contribution in [3.63, 3.8) is 0 Å². The molecule has 1 amide bonds. The van der Waals surface area contributed by atoms with Gasteiger partial charge in [-0.25, -0.2) is 0 Å². The standard InChI is InChI=1S/C18H21ClN2O2/c1-13(2)21(15-7-5-4-6-8-15)18(22)12-20-14-9-10-17(23-3)16(19)11-14/h4-11,13,20H,12H2,1-3H3. The van der Waals surface area contributed by atoms with Gasteiger partial charge in [-0.3, -0.25) is 4.79 Å². The van der Waals surface area contributed by atoms with Crippen molar-refractivity contribution in [3.8, 4) is 5.75 Å². The molecule has 0 aromatic heterocycles. The molecule has 0 aliphatic heterocycles. The SMILES string of the molecule is COc1ccc(NCC(=O)N(c2ccccc2)C(C)C)cc1Cl. The van der Waals surface area contributed by atoms with E-state index in [1.165, 1.54) is 0 Å². The number of nitrogens with zero attached hydrogens (tertiary/aromatic N) is 1. The fourth-order valence-corrected chi connectivity index (χ4v) is 2.62. The van der Waals surface area contributed by atoms with Gasteiger partial charge in [-0.2, -0.15) is 0 Å². The summed E-state index contributed by atoms with van der Waals surface area (Å²) in [5.74, 6) is 0.606. The maximum absolute atomic E-state index is 12.6. The second-order valence-corrected chi connectivity index (χ2v) is 5.80. The number of amides is 1. The Morgan fingerprint density at radius 3 is 2.48 bits per heavy atom. The Labute approximate surface area is 142 Å². The van der Waals surface area contributed by atoms with Crippen LogP contribution in [0.25, 0.3) is 0 Å². The fourth-order valence-electron chi connectivity index (χ4n) is 2.36. The lowest BCUT2D eigenvalue weighted by molar-refractivity contribution is -0.117. The molecule has 0 atom stereocenters. The van der Waals surface area contributed by atoms with E-state index in [2.05, 4.69) is 5.32 Å². The number of carbonyl (C=O) groups excluding carboxylic acids is 1. The second-order valence-electron chi connectivity index (χ2n) is 5.40. The van der Waals surface area contributed by atoms with Crippen molar-refractivity contribution in [1.82, 2.24) is 0 Å². The van der Waals surface area contributed by atoms with Crippen molar-refractivity contribution < 1.29 is 9.53 Å². The number of nitrogens with one attached hydrogen (secondary N) is 1. The van der Waals surface area contributed by atoms with E-state index < -0.39 is 0 Å². The highest BCUT2D eigenvalue weighted by atomic mass is 35.5. The number of para-hydroxylation sites is 1. The van der Waals surface area contributed by atoms with Gasteiger partial charge in [0.25, 0.3) is 0 Å². The van der Waals surface area contributed by atoms with E-state index in [4.69, 9.17) is 16.3 Å². The number of carbonyl (C=O) groups is 1. The first-order valence-electron chi connectivity index (χ1n) is 7.47. The van der Waals surface area contributed by atoms with Crippen molar-refractivity contribution in [2.75, 3.05) is 23.9 Å². The van der Waals surface area contributed by atoms with Crippen LogP contribution in [0.3, 0.4) is 0 Å². The molecular weight excluding hydrogens is 312 g/mol. The molecule has 0 radical (unpaired) electrons. The molecule has 4 nitrogen and oxygen atoms in total. The Balaban J connectivity index is 2.06. The van der Waals surface area contributed by atoms with Crippen LogP contribution in [-0.4, -0.2) is 25.6 Å². The summed E-state index contributed by atoms with van der Waals surface area (Å²) in [4.78, 5) is 14.3. The zero-order valence-electron chi connectivity index (χ0n) is 13.5. The summed E-state index contributed by atoms with van der Waals surface area (Å²) in [6.45, 7) is 4.18. The van der Waals surface area contributed by atoms with Crippen molar-refractivity contribution in [3.05, 3.63) is 53.6 Å². The predicted octanol–water partition coefficient (Wildman–Crippen LogP) is 4.20. The van der Waals surface area contributed by atoms with E-state index in [1.54, 1.807) is 24.1 Å². The fraction of sp³-hybridized carbons (Fsp3) is 0.278. The first-order chi connectivity index (χ1) is 11.0. The Hall–Kier alpha value is -2.20. The van der Waals surface area contributed by atoms with Crippen LogP contribution >= 0.6 is 11.6 Å². The molecule has 2 aromatic carbocycles. The predicted molar refractivity (Wildman–Crippen MR) is 95.6 cm³/mol. The number of anilines is 2. The summed E-state index contributed by atoms with van der Waals surface area (Å²) in [5.41, 5.74) is 1.67. The molecule has 0 fully saturated rings. The van der Waals surface area contributed by atoms with Gasteiger partial charge >= 0.3 is 0 Å². The average molecular weight is 333 g/mol. The molecular formula is C18H21ClN2O2. The number of benzene rings is 2. The molecule has 2 rings (SSSR count). The lowest BCUT2D eigenvalue weighted by Gasteiger charge is -2.27. The number of hydrogen-bond donors (Lipinski definition) is 1. The minimum Gasteiger partial charge on any atom is -0.495 e. The summed E-state index contributed by atoms with van der Waals surface area (Å²) in [6, 6.07) is 15.1. The first-order valence-corrected chi connectivity index (χ1v) is 7.85. The summed E-state index contributed by atoms with van der Waals surface area (Å²) in [6.07, 6.45) is 0. The molecule has 0 unspecified atom stereocenters. The quantitative estimate of drug-likeness (QED) is 0.861. The van der Waals surface area contributed by atoms with Gasteiger partial charge in [0.1, 0.15) is 5.75 Å². The summed E-state index contributed by atoms with van der Waals surface area (Å²) in [7, 11) is 1.57. The molecule has 0 saturated carbocycles. The van der Waals surface area contributed by atoms with Crippen LogP contribution in [0.15, 0.2) is 48.5 Å². The van der Waals surface area contributed by atoms with E-state index in [0.717, 1.165) is 11.4 Å². The van der Waals surface area contributed by atoms with Gasteiger partial charge in [0.15, 0.2) is 0 Å². The highest BCUT2D eigenvalue weighted by Crippen LogP contribution is 2.27. The molecule has 122 valence electrons. The van der Waals surface area contributed by atoms with Gasteiger partial charge in [0.2, 0.25) is 5.91 Å². The van der Waals surface area contributed by atoms with Gasteiger partial charge in [-0.15, -0.1) is 0 Å². The van der Waals surface area contributed by atoms with Gasteiger partial charge in [-0.05, 0) is 44.2 Å². The largest absolute Gasteiger partial charge is 0.495 e. The number of halogens is 1. The maximum atomic E-state index is 12.6. The van der Waals surface area contributed by atoms with E-state index in [-0.39, 0.29) is 18.5 Å². The van der Waals surface area contributed by atoms with E-state index >= 15 is 0 Å². The van der Waals surface area contributed by atoms with E-state index in [1.807, 2.05) is 50.2 Å². The molecule has 1 N–H and O–H groups in total. The number of ether oxygens (including phenoxy) is 1. The lowest BCUT2D eigenvalue weighted by Crippen LogP contribution is -2.40. The molecule has 2 aromatic rings. The average Bonchev–Trinajstić information content (AvgIpc) is 2.54. The lowest BCUT2D eigenvalue weighted by atomic mass is 10.2. The molecule has 23 heavy (non-hydrogen) atoms. The molecule has 0 bridgehead atoms. The van der Waals surface area contributed by atoms with Gasteiger partial charge in [-0.1, -0.05) is 29.8 Å². The monoisotopic (exact) mass is 332 g/mol. The van der Waals surface area contributed by atoms with Crippen LogP contribution in [-0.2, 0) is 4.79 Å². The Kier molecular flexibility index (Phi) is 5.88. The second kappa shape index (κ2) is 7.88. The summed E-state index contributed by atoms with van der Waals surface area (Å²) in [5, 5.41) is 3.62. The van der Waals surface area contributed by atoms with E-state index in [9.17, 15) is 4.79 Å². The van der Waals surface area contributed by atoms with E-state index in [0.29, 0.717) is 10.8 Å². The number of methoxy groups -OCH3 is 1. The smallest absolute Gasteiger partial charge is 0.246 e.